The molecule has 1 heterocycles. The van der Waals surface area contributed by atoms with Crippen LogP contribution >= 0.6 is 0 Å². The Morgan fingerprint density at radius 2 is 1.94 bits per heavy atom. The van der Waals surface area contributed by atoms with Gasteiger partial charge in [-0.05, 0) is 30.5 Å². The molecule has 4 heteroatoms. The van der Waals surface area contributed by atoms with Crippen molar-refractivity contribution in [3.05, 3.63) is 41.2 Å². The van der Waals surface area contributed by atoms with Crippen LogP contribution in [0.4, 0.5) is 8.78 Å². The van der Waals surface area contributed by atoms with Gasteiger partial charge in [0.2, 0.25) is 0 Å². The molecular formula is C13H14F2N2. The average Bonchev–Trinajstić information content (AvgIpc) is 2.68. The van der Waals surface area contributed by atoms with E-state index in [4.69, 9.17) is 0 Å². The zero-order valence-electron chi connectivity index (χ0n) is 10.0. The fourth-order valence-electron chi connectivity index (χ4n) is 1.93. The fourth-order valence-corrected chi connectivity index (χ4v) is 1.93. The van der Waals surface area contributed by atoms with Crippen LogP contribution in [0.25, 0.3) is 11.1 Å². The van der Waals surface area contributed by atoms with Gasteiger partial charge in [0.15, 0.2) is 0 Å². The van der Waals surface area contributed by atoms with Crippen molar-refractivity contribution < 1.29 is 8.78 Å². The van der Waals surface area contributed by atoms with Gasteiger partial charge in [0.1, 0.15) is 0 Å². The third kappa shape index (κ3) is 2.07. The summed E-state index contributed by atoms with van der Waals surface area (Å²) in [5.41, 5.74) is 2.94. The molecule has 90 valence electrons. The molecule has 0 N–H and O–H groups in total. The Hall–Kier alpha value is -1.71. The van der Waals surface area contributed by atoms with E-state index in [-0.39, 0.29) is 5.56 Å². The van der Waals surface area contributed by atoms with Crippen LogP contribution in [-0.4, -0.2) is 9.78 Å². The summed E-state index contributed by atoms with van der Waals surface area (Å²) in [6, 6.07) is 3.60. The molecule has 0 aliphatic carbocycles. The highest BCUT2D eigenvalue weighted by Crippen LogP contribution is 2.34. The number of aromatic nitrogens is 2. The van der Waals surface area contributed by atoms with E-state index in [1.807, 2.05) is 13.0 Å². The Kier molecular flexibility index (Phi) is 2.96. The van der Waals surface area contributed by atoms with E-state index in [2.05, 4.69) is 5.10 Å². The van der Waals surface area contributed by atoms with Crippen molar-refractivity contribution in [1.29, 1.82) is 0 Å². The van der Waals surface area contributed by atoms with Gasteiger partial charge in [0.25, 0.3) is 6.43 Å². The number of alkyl halides is 2. The first-order valence-electron chi connectivity index (χ1n) is 5.38. The number of aryl methyl sites for hydroxylation is 2. The van der Waals surface area contributed by atoms with Gasteiger partial charge in [-0.15, -0.1) is 0 Å². The van der Waals surface area contributed by atoms with Crippen molar-refractivity contribution in [3.8, 4) is 11.1 Å². The predicted molar refractivity (Wildman–Crippen MR) is 63.1 cm³/mol. The minimum atomic E-state index is -2.47. The molecular weight excluding hydrogens is 222 g/mol. The molecule has 1 aromatic heterocycles. The number of hydrogen-bond donors (Lipinski definition) is 0. The molecule has 0 amide bonds. The zero-order valence-corrected chi connectivity index (χ0v) is 10.0. The number of hydrogen-bond acceptors (Lipinski definition) is 1. The molecule has 0 fully saturated rings. The fraction of sp³-hybridized carbons (Fsp3) is 0.308. The molecule has 0 radical (unpaired) electrons. The van der Waals surface area contributed by atoms with Crippen molar-refractivity contribution >= 4 is 0 Å². The van der Waals surface area contributed by atoms with Crippen LogP contribution in [-0.2, 0) is 7.05 Å². The van der Waals surface area contributed by atoms with Gasteiger partial charge >= 0.3 is 0 Å². The van der Waals surface area contributed by atoms with Crippen LogP contribution < -0.4 is 0 Å². The van der Waals surface area contributed by atoms with Crippen molar-refractivity contribution in [2.45, 2.75) is 20.3 Å². The van der Waals surface area contributed by atoms with E-state index in [0.29, 0.717) is 11.1 Å². The first kappa shape index (κ1) is 11.8. The topological polar surface area (TPSA) is 17.8 Å². The maximum atomic E-state index is 13.1. The van der Waals surface area contributed by atoms with Crippen LogP contribution in [0.1, 0.15) is 23.1 Å². The van der Waals surface area contributed by atoms with Gasteiger partial charge in [-0.3, -0.25) is 4.68 Å². The van der Waals surface area contributed by atoms with Crippen LogP contribution in [0, 0.1) is 13.8 Å². The van der Waals surface area contributed by atoms with Gasteiger partial charge in [-0.2, -0.15) is 5.10 Å². The van der Waals surface area contributed by atoms with Crippen LogP contribution in [0.2, 0.25) is 0 Å². The molecule has 0 bridgehead atoms. The van der Waals surface area contributed by atoms with E-state index >= 15 is 0 Å². The number of rotatable bonds is 2. The van der Waals surface area contributed by atoms with Crippen LogP contribution in [0.15, 0.2) is 24.5 Å². The minimum absolute atomic E-state index is 0.109. The van der Waals surface area contributed by atoms with E-state index in [0.717, 1.165) is 11.1 Å². The van der Waals surface area contributed by atoms with Crippen molar-refractivity contribution in [2.24, 2.45) is 7.05 Å². The second-order valence-corrected chi connectivity index (χ2v) is 4.17. The first-order chi connectivity index (χ1) is 8.00. The summed E-state index contributed by atoms with van der Waals surface area (Å²) >= 11 is 0. The second kappa shape index (κ2) is 4.28. The normalized spacial score (nSPS) is 11.2. The molecule has 0 atom stereocenters. The van der Waals surface area contributed by atoms with Crippen LogP contribution in [0.3, 0.4) is 0 Å². The maximum Gasteiger partial charge on any atom is 0.264 e. The molecule has 0 aliphatic rings. The lowest BCUT2D eigenvalue weighted by molar-refractivity contribution is 0.151. The molecule has 1 aromatic carbocycles. The third-order valence-electron chi connectivity index (χ3n) is 3.02. The zero-order chi connectivity index (χ0) is 12.6. The summed E-state index contributed by atoms with van der Waals surface area (Å²) in [4.78, 5) is 0. The average molecular weight is 236 g/mol. The Balaban J connectivity index is 2.65. The van der Waals surface area contributed by atoms with Crippen LogP contribution in [0.5, 0.6) is 0 Å². The molecule has 0 aliphatic heterocycles. The lowest BCUT2D eigenvalue weighted by Crippen LogP contribution is -1.96. The molecule has 0 unspecified atom stereocenters. The lowest BCUT2D eigenvalue weighted by Gasteiger charge is -2.13. The largest absolute Gasteiger partial charge is 0.275 e. The highest BCUT2D eigenvalue weighted by atomic mass is 19.3. The van der Waals surface area contributed by atoms with Gasteiger partial charge in [0.05, 0.1) is 6.20 Å². The van der Waals surface area contributed by atoms with E-state index in [9.17, 15) is 8.78 Å². The third-order valence-corrected chi connectivity index (χ3v) is 3.02. The van der Waals surface area contributed by atoms with E-state index in [1.165, 1.54) is 0 Å². The van der Waals surface area contributed by atoms with Gasteiger partial charge in [-0.25, -0.2) is 8.78 Å². The summed E-state index contributed by atoms with van der Waals surface area (Å²) < 4.78 is 27.9. The minimum Gasteiger partial charge on any atom is -0.275 e. The molecule has 0 spiro atoms. The standard InChI is InChI=1S/C13H14F2N2/c1-8-4-5-11(10-6-16-17(3)7-10)12(9(8)2)13(14)15/h4-7,13H,1-3H3. The monoisotopic (exact) mass is 236 g/mol. The Bertz CT molecular complexity index is 544. The van der Waals surface area contributed by atoms with Gasteiger partial charge in [-0.1, -0.05) is 12.1 Å². The molecule has 2 rings (SSSR count). The molecule has 0 saturated heterocycles. The first-order valence-corrected chi connectivity index (χ1v) is 5.38. The Morgan fingerprint density at radius 3 is 2.47 bits per heavy atom. The molecule has 2 nitrogen and oxygen atoms in total. The molecule has 17 heavy (non-hydrogen) atoms. The summed E-state index contributed by atoms with van der Waals surface area (Å²) in [5, 5.41) is 4.02. The highest BCUT2D eigenvalue weighted by molar-refractivity contribution is 5.68. The van der Waals surface area contributed by atoms with E-state index in [1.54, 1.807) is 37.1 Å². The number of halogens is 2. The summed E-state index contributed by atoms with van der Waals surface area (Å²) in [6.07, 6.45) is 0.886. The van der Waals surface area contributed by atoms with Crippen molar-refractivity contribution in [1.82, 2.24) is 9.78 Å². The second-order valence-electron chi connectivity index (χ2n) is 4.17. The lowest BCUT2D eigenvalue weighted by atomic mass is 9.95. The van der Waals surface area contributed by atoms with Gasteiger partial charge in [0, 0.05) is 24.4 Å². The summed E-state index contributed by atoms with van der Waals surface area (Å²) in [6.45, 7) is 3.57. The van der Waals surface area contributed by atoms with Gasteiger partial charge < -0.3 is 0 Å². The summed E-state index contributed by atoms with van der Waals surface area (Å²) in [7, 11) is 1.77. The number of benzene rings is 1. The van der Waals surface area contributed by atoms with Crippen molar-refractivity contribution in [2.75, 3.05) is 0 Å². The highest BCUT2D eigenvalue weighted by Gasteiger charge is 2.18. The maximum absolute atomic E-state index is 13.1. The Morgan fingerprint density at radius 1 is 1.24 bits per heavy atom. The smallest absolute Gasteiger partial charge is 0.264 e. The quantitative estimate of drug-likeness (QED) is 0.778. The summed E-state index contributed by atoms with van der Waals surface area (Å²) in [5.74, 6) is 0. The molecule has 0 saturated carbocycles. The number of nitrogens with zero attached hydrogens (tertiary/aromatic N) is 2. The predicted octanol–water partition coefficient (Wildman–Crippen LogP) is 3.64. The van der Waals surface area contributed by atoms with E-state index < -0.39 is 6.43 Å². The SMILES string of the molecule is Cc1ccc(-c2cnn(C)c2)c(C(F)F)c1C. The van der Waals surface area contributed by atoms with Crippen molar-refractivity contribution in [3.63, 3.8) is 0 Å². The molecule has 2 aromatic rings. The Labute approximate surface area is 98.9 Å².